The minimum atomic E-state index is -0.884. The van der Waals surface area contributed by atoms with Crippen LogP contribution < -0.4 is 15.4 Å². The van der Waals surface area contributed by atoms with E-state index in [1.54, 1.807) is 18.5 Å². The second kappa shape index (κ2) is 12.7. The third kappa shape index (κ3) is 8.49. The van der Waals surface area contributed by atoms with Gasteiger partial charge >= 0.3 is 6.09 Å². The number of ether oxygens (including phenoxy) is 2. The largest absolute Gasteiger partial charge is 0.413 e. The first kappa shape index (κ1) is 27.4. The topological polar surface area (TPSA) is 113 Å². The molecule has 3 N–H and O–H groups in total. The molecule has 0 spiro atoms. The molecule has 3 rings (SSSR count). The molecule has 9 nitrogen and oxygen atoms in total. The maximum atomic E-state index is 13.4. The van der Waals surface area contributed by atoms with Gasteiger partial charge in [0.25, 0.3) is 0 Å². The Hall–Kier alpha value is -3.17. The fourth-order valence-corrected chi connectivity index (χ4v) is 4.29. The highest BCUT2D eigenvalue weighted by Gasteiger charge is 2.39. The number of hydrogen-bond donors (Lipinski definition) is 3. The molecular weight excluding hydrogens is 460 g/mol. The van der Waals surface area contributed by atoms with Crippen molar-refractivity contribution in [1.29, 1.82) is 0 Å². The summed E-state index contributed by atoms with van der Waals surface area (Å²) in [6, 6.07) is 10.1. The van der Waals surface area contributed by atoms with Crippen molar-refractivity contribution < 1.29 is 23.9 Å². The normalized spacial score (nSPS) is 18.8. The Labute approximate surface area is 212 Å². The molecule has 1 aromatic carbocycles. The summed E-state index contributed by atoms with van der Waals surface area (Å²) in [4.78, 5) is 43.3. The van der Waals surface area contributed by atoms with Crippen LogP contribution in [-0.4, -0.2) is 73.1 Å². The van der Waals surface area contributed by atoms with Crippen LogP contribution in [0, 0.1) is 5.41 Å². The summed E-state index contributed by atoms with van der Waals surface area (Å²) >= 11 is 0. The Balaban J connectivity index is 1.69. The lowest BCUT2D eigenvalue weighted by Gasteiger charge is -2.30. The van der Waals surface area contributed by atoms with Crippen molar-refractivity contribution in [2.75, 3.05) is 27.2 Å². The standard InChI is InChI=1S/C27H38N4O5/c1-27(2,13-10-19-8-6-5-7-9-19)16-21(29-26(34)36-20-11-14-28-17-20)25(33)30-24-22(32)18-35-23(24)12-15-31(3)4/h5-9,11,14,17,21,23-24,28H,10,12-13,15-16,18H2,1-4H3,(H,29,34)(H,30,33)/t21-,23?,24?/m0/s1. The average molecular weight is 499 g/mol. The van der Waals surface area contributed by atoms with Gasteiger partial charge in [0.15, 0.2) is 5.78 Å². The Morgan fingerprint density at radius 1 is 1.22 bits per heavy atom. The van der Waals surface area contributed by atoms with Crippen molar-refractivity contribution in [2.24, 2.45) is 5.41 Å². The van der Waals surface area contributed by atoms with Crippen LogP contribution in [0.25, 0.3) is 0 Å². The van der Waals surface area contributed by atoms with Gasteiger partial charge in [0.2, 0.25) is 5.91 Å². The molecule has 0 aliphatic carbocycles. The number of H-pyrrole nitrogens is 1. The van der Waals surface area contributed by atoms with E-state index in [-0.39, 0.29) is 17.8 Å². The zero-order valence-electron chi connectivity index (χ0n) is 21.6. The van der Waals surface area contributed by atoms with Crippen LogP contribution >= 0.6 is 0 Å². The molecule has 1 aliphatic rings. The number of carbonyl (C=O) groups is 3. The highest BCUT2D eigenvalue weighted by atomic mass is 16.6. The predicted molar refractivity (Wildman–Crippen MR) is 137 cm³/mol. The zero-order valence-corrected chi connectivity index (χ0v) is 21.6. The Kier molecular flexibility index (Phi) is 9.66. The highest BCUT2D eigenvalue weighted by molar-refractivity contribution is 5.94. The molecule has 1 fully saturated rings. The Bertz CT molecular complexity index is 991. The van der Waals surface area contributed by atoms with E-state index in [0.29, 0.717) is 18.6 Å². The molecule has 196 valence electrons. The lowest BCUT2D eigenvalue weighted by atomic mass is 9.80. The number of nitrogens with zero attached hydrogens (tertiary/aromatic N) is 1. The molecule has 1 saturated heterocycles. The molecule has 2 aromatic rings. The van der Waals surface area contributed by atoms with Gasteiger partial charge in [0, 0.05) is 18.9 Å². The van der Waals surface area contributed by atoms with Crippen molar-refractivity contribution in [3.8, 4) is 5.75 Å². The third-order valence-electron chi connectivity index (χ3n) is 6.40. The summed E-state index contributed by atoms with van der Waals surface area (Å²) in [6.07, 6.45) is 4.69. The first-order valence-corrected chi connectivity index (χ1v) is 12.4. The van der Waals surface area contributed by atoms with Gasteiger partial charge in [-0.2, -0.15) is 0 Å². The number of nitrogens with one attached hydrogen (secondary N) is 3. The van der Waals surface area contributed by atoms with E-state index in [4.69, 9.17) is 9.47 Å². The minimum absolute atomic E-state index is 0.0285. The summed E-state index contributed by atoms with van der Waals surface area (Å²) in [5.41, 5.74) is 0.934. The molecular formula is C27H38N4O5. The monoisotopic (exact) mass is 498 g/mol. The summed E-state index contributed by atoms with van der Waals surface area (Å²) in [5, 5.41) is 5.57. The minimum Gasteiger partial charge on any atom is -0.409 e. The molecule has 0 bridgehead atoms. The van der Waals surface area contributed by atoms with Gasteiger partial charge in [-0.1, -0.05) is 44.2 Å². The van der Waals surface area contributed by atoms with Crippen LogP contribution in [0.5, 0.6) is 5.75 Å². The van der Waals surface area contributed by atoms with Crippen LogP contribution in [0.4, 0.5) is 4.79 Å². The van der Waals surface area contributed by atoms with E-state index in [0.717, 1.165) is 19.4 Å². The number of aryl methyl sites for hydroxylation is 1. The second-order valence-electron chi connectivity index (χ2n) is 10.4. The van der Waals surface area contributed by atoms with E-state index in [1.807, 2.05) is 37.2 Å². The fourth-order valence-electron chi connectivity index (χ4n) is 4.29. The summed E-state index contributed by atoms with van der Waals surface area (Å²) in [7, 11) is 3.88. The summed E-state index contributed by atoms with van der Waals surface area (Å²) < 4.78 is 10.9. The van der Waals surface area contributed by atoms with E-state index in [9.17, 15) is 14.4 Å². The van der Waals surface area contributed by atoms with Crippen LogP contribution in [0.15, 0.2) is 48.8 Å². The number of hydrogen-bond acceptors (Lipinski definition) is 6. The average Bonchev–Trinajstić information content (AvgIpc) is 3.46. The molecule has 2 amide bonds. The molecule has 1 aromatic heterocycles. The number of amides is 2. The molecule has 0 radical (unpaired) electrons. The number of Topliss-reactive ketones (excluding diaryl/α,β-unsaturated/α-hetero) is 1. The SMILES string of the molecule is CN(C)CCC1OCC(=O)C1NC(=O)[C@H](CC(C)(C)CCc1ccccc1)NC(=O)Oc1cc[nH]c1. The zero-order chi connectivity index (χ0) is 26.1. The van der Waals surface area contributed by atoms with Crippen molar-refractivity contribution in [3.05, 3.63) is 54.4 Å². The van der Waals surface area contributed by atoms with Gasteiger partial charge < -0.3 is 30.0 Å². The molecule has 1 aliphatic heterocycles. The van der Waals surface area contributed by atoms with E-state index >= 15 is 0 Å². The first-order chi connectivity index (χ1) is 17.1. The predicted octanol–water partition coefficient (Wildman–Crippen LogP) is 2.93. The van der Waals surface area contributed by atoms with Crippen molar-refractivity contribution in [2.45, 2.75) is 57.7 Å². The van der Waals surface area contributed by atoms with E-state index < -0.39 is 30.2 Å². The van der Waals surface area contributed by atoms with Crippen LogP contribution in [0.2, 0.25) is 0 Å². The lowest BCUT2D eigenvalue weighted by molar-refractivity contribution is -0.128. The number of aromatic amines is 1. The number of aromatic nitrogens is 1. The van der Waals surface area contributed by atoms with E-state index in [2.05, 4.69) is 41.6 Å². The van der Waals surface area contributed by atoms with Gasteiger partial charge in [0.05, 0.1) is 6.10 Å². The quantitative estimate of drug-likeness (QED) is 0.415. The molecule has 36 heavy (non-hydrogen) atoms. The van der Waals surface area contributed by atoms with Gasteiger partial charge in [-0.15, -0.1) is 0 Å². The van der Waals surface area contributed by atoms with Crippen molar-refractivity contribution in [1.82, 2.24) is 20.5 Å². The maximum absolute atomic E-state index is 13.4. The molecule has 9 heteroatoms. The summed E-state index contributed by atoms with van der Waals surface area (Å²) in [6.45, 7) is 4.83. The van der Waals surface area contributed by atoms with Gasteiger partial charge in [-0.05, 0) is 56.8 Å². The van der Waals surface area contributed by atoms with Crippen molar-refractivity contribution in [3.63, 3.8) is 0 Å². The Morgan fingerprint density at radius 2 is 1.97 bits per heavy atom. The highest BCUT2D eigenvalue weighted by Crippen LogP contribution is 2.29. The van der Waals surface area contributed by atoms with Crippen LogP contribution in [0.3, 0.4) is 0 Å². The molecule has 0 saturated carbocycles. The maximum Gasteiger partial charge on any atom is 0.413 e. The van der Waals surface area contributed by atoms with Gasteiger partial charge in [-0.25, -0.2) is 4.79 Å². The second-order valence-corrected chi connectivity index (χ2v) is 10.4. The molecule has 3 atom stereocenters. The van der Waals surface area contributed by atoms with Crippen LogP contribution in [-0.2, 0) is 20.7 Å². The number of rotatable bonds is 12. The number of ketones is 1. The summed E-state index contributed by atoms with van der Waals surface area (Å²) in [5.74, 6) is -0.241. The fraction of sp³-hybridized carbons (Fsp3) is 0.519. The third-order valence-corrected chi connectivity index (χ3v) is 6.40. The molecule has 2 unspecified atom stereocenters. The Morgan fingerprint density at radius 3 is 2.64 bits per heavy atom. The first-order valence-electron chi connectivity index (χ1n) is 12.4. The lowest BCUT2D eigenvalue weighted by Crippen LogP contribution is -2.55. The molecule has 2 heterocycles. The van der Waals surface area contributed by atoms with Gasteiger partial charge in [-0.3, -0.25) is 9.59 Å². The van der Waals surface area contributed by atoms with Crippen LogP contribution in [0.1, 0.15) is 38.7 Å². The number of benzene rings is 1. The number of carbonyl (C=O) groups excluding carboxylic acids is 3. The van der Waals surface area contributed by atoms with E-state index in [1.165, 1.54) is 5.56 Å². The smallest absolute Gasteiger partial charge is 0.409 e. The van der Waals surface area contributed by atoms with Gasteiger partial charge in [0.1, 0.15) is 24.4 Å². The van der Waals surface area contributed by atoms with Crippen molar-refractivity contribution >= 4 is 17.8 Å².